The number of hydrogen-bond donors (Lipinski definition) is 1. The number of rotatable bonds is 1. The molecule has 2 rings (SSSR count). The molecular formula is C20H32O. The largest absolute Gasteiger partial charge is 0.507 e. The van der Waals surface area contributed by atoms with Gasteiger partial charge in [-0.2, -0.15) is 0 Å². The van der Waals surface area contributed by atoms with Crippen molar-refractivity contribution >= 4 is 0 Å². The van der Waals surface area contributed by atoms with Crippen LogP contribution < -0.4 is 0 Å². The Hall–Kier alpha value is -0.980. The highest BCUT2D eigenvalue weighted by molar-refractivity contribution is 5.50. The molecule has 0 bridgehead atoms. The van der Waals surface area contributed by atoms with E-state index in [4.69, 9.17) is 0 Å². The van der Waals surface area contributed by atoms with E-state index in [2.05, 4.69) is 53.7 Å². The van der Waals surface area contributed by atoms with E-state index in [1.807, 2.05) is 0 Å². The monoisotopic (exact) mass is 288 g/mol. The number of aromatic hydroxyl groups is 1. The van der Waals surface area contributed by atoms with Gasteiger partial charge in [-0.3, -0.25) is 0 Å². The number of phenols is 1. The minimum absolute atomic E-state index is 0.0191. The highest BCUT2D eigenvalue weighted by atomic mass is 16.3. The van der Waals surface area contributed by atoms with E-state index < -0.39 is 0 Å². The Labute approximate surface area is 130 Å². The van der Waals surface area contributed by atoms with Gasteiger partial charge in [0, 0.05) is 0 Å². The lowest BCUT2D eigenvalue weighted by Gasteiger charge is -2.31. The maximum absolute atomic E-state index is 10.9. The molecule has 0 heterocycles. The second-order valence-corrected chi connectivity index (χ2v) is 8.80. The number of phenolic OH excluding ortho intramolecular Hbond substituents is 1. The molecule has 0 atom stereocenters. The SMILES string of the molecule is CC(C)(C)c1cc(C2CCCCC2)c(O)c(C(C)(C)C)c1. The van der Waals surface area contributed by atoms with Gasteiger partial charge in [-0.15, -0.1) is 0 Å². The molecule has 1 aromatic rings. The van der Waals surface area contributed by atoms with Gasteiger partial charge in [0.25, 0.3) is 0 Å². The Morgan fingerprint density at radius 1 is 0.857 bits per heavy atom. The second-order valence-electron chi connectivity index (χ2n) is 8.80. The summed E-state index contributed by atoms with van der Waals surface area (Å²) in [5.74, 6) is 1.10. The normalized spacial score (nSPS) is 18.0. The summed E-state index contributed by atoms with van der Waals surface area (Å²) in [5, 5.41) is 10.9. The topological polar surface area (TPSA) is 20.2 Å². The van der Waals surface area contributed by atoms with Crippen LogP contribution in [-0.4, -0.2) is 5.11 Å². The molecule has 0 spiro atoms. The molecule has 1 N–H and O–H groups in total. The van der Waals surface area contributed by atoms with E-state index in [0.717, 1.165) is 5.56 Å². The molecule has 0 unspecified atom stereocenters. The van der Waals surface area contributed by atoms with Crippen LogP contribution in [0.2, 0.25) is 0 Å². The number of benzene rings is 1. The maximum Gasteiger partial charge on any atom is 0.122 e. The van der Waals surface area contributed by atoms with Crippen LogP contribution in [0, 0.1) is 0 Å². The minimum atomic E-state index is -0.0191. The van der Waals surface area contributed by atoms with Crippen molar-refractivity contribution in [3.63, 3.8) is 0 Å². The Bertz CT molecular complexity index is 494. The third-order valence-electron chi connectivity index (χ3n) is 4.86. The van der Waals surface area contributed by atoms with Gasteiger partial charge in [-0.1, -0.05) is 72.9 Å². The third-order valence-corrected chi connectivity index (χ3v) is 4.86. The Morgan fingerprint density at radius 3 is 1.90 bits per heavy atom. The summed E-state index contributed by atoms with van der Waals surface area (Å²) >= 11 is 0. The van der Waals surface area contributed by atoms with E-state index in [9.17, 15) is 5.11 Å². The fourth-order valence-corrected chi connectivity index (χ4v) is 3.39. The van der Waals surface area contributed by atoms with Crippen molar-refractivity contribution in [1.82, 2.24) is 0 Å². The lowest BCUT2D eigenvalue weighted by Crippen LogP contribution is -2.18. The molecule has 1 saturated carbocycles. The number of hydrogen-bond acceptors (Lipinski definition) is 1. The third kappa shape index (κ3) is 3.62. The molecule has 0 aromatic heterocycles. The van der Waals surface area contributed by atoms with Gasteiger partial charge in [0.1, 0.15) is 5.75 Å². The summed E-state index contributed by atoms with van der Waals surface area (Å²) in [4.78, 5) is 0. The predicted octanol–water partition coefficient (Wildman–Crippen LogP) is 6.03. The summed E-state index contributed by atoms with van der Waals surface area (Å²) in [6, 6.07) is 4.50. The van der Waals surface area contributed by atoms with E-state index in [1.165, 1.54) is 43.2 Å². The first-order valence-corrected chi connectivity index (χ1v) is 8.48. The molecule has 1 aromatic carbocycles. The van der Waals surface area contributed by atoms with Crippen LogP contribution in [0.15, 0.2) is 12.1 Å². The first-order valence-electron chi connectivity index (χ1n) is 8.48. The molecule has 0 saturated heterocycles. The zero-order valence-electron chi connectivity index (χ0n) is 14.7. The van der Waals surface area contributed by atoms with Crippen LogP contribution in [0.4, 0.5) is 0 Å². The molecule has 1 nitrogen and oxygen atoms in total. The van der Waals surface area contributed by atoms with E-state index >= 15 is 0 Å². The Kier molecular flexibility index (Phi) is 4.42. The summed E-state index contributed by atoms with van der Waals surface area (Å²) in [6.45, 7) is 13.4. The van der Waals surface area contributed by atoms with Crippen LogP contribution in [-0.2, 0) is 10.8 Å². The van der Waals surface area contributed by atoms with Crippen LogP contribution >= 0.6 is 0 Å². The van der Waals surface area contributed by atoms with Gasteiger partial charge in [-0.05, 0) is 46.3 Å². The molecule has 0 amide bonds. The van der Waals surface area contributed by atoms with Crippen molar-refractivity contribution in [3.05, 3.63) is 28.8 Å². The smallest absolute Gasteiger partial charge is 0.122 e. The average Bonchev–Trinajstić information content (AvgIpc) is 2.37. The summed E-state index contributed by atoms with van der Waals surface area (Å²) in [5.41, 5.74) is 3.76. The average molecular weight is 288 g/mol. The molecular weight excluding hydrogens is 256 g/mol. The van der Waals surface area contributed by atoms with Crippen molar-refractivity contribution in [2.24, 2.45) is 0 Å². The van der Waals surface area contributed by atoms with E-state index in [1.54, 1.807) is 0 Å². The Balaban J connectivity index is 2.57. The zero-order chi connectivity index (χ0) is 15.8. The lowest BCUT2D eigenvalue weighted by molar-refractivity contribution is 0.401. The molecule has 1 aliphatic rings. The standard InChI is InChI=1S/C20H32O/c1-19(2,3)15-12-16(14-10-8-7-9-11-14)18(21)17(13-15)20(4,5)6/h12-14,21H,7-11H2,1-6H3. The first kappa shape index (κ1) is 16.4. The summed E-state index contributed by atoms with van der Waals surface area (Å²) < 4.78 is 0. The fraction of sp³-hybridized carbons (Fsp3) is 0.700. The van der Waals surface area contributed by atoms with E-state index in [-0.39, 0.29) is 10.8 Å². The summed E-state index contributed by atoms with van der Waals surface area (Å²) in [7, 11) is 0. The minimum Gasteiger partial charge on any atom is -0.507 e. The van der Waals surface area contributed by atoms with Crippen LogP contribution in [0.1, 0.15) is 96.3 Å². The fourth-order valence-electron chi connectivity index (χ4n) is 3.39. The highest BCUT2D eigenvalue weighted by Crippen LogP contribution is 2.44. The van der Waals surface area contributed by atoms with Crippen LogP contribution in [0.3, 0.4) is 0 Å². The molecule has 118 valence electrons. The van der Waals surface area contributed by atoms with Gasteiger partial charge >= 0.3 is 0 Å². The van der Waals surface area contributed by atoms with Crippen LogP contribution in [0.5, 0.6) is 5.75 Å². The second kappa shape index (κ2) is 5.66. The van der Waals surface area contributed by atoms with Gasteiger partial charge < -0.3 is 5.11 Å². The summed E-state index contributed by atoms with van der Waals surface area (Å²) in [6.07, 6.45) is 6.40. The lowest BCUT2D eigenvalue weighted by atomic mass is 9.75. The van der Waals surface area contributed by atoms with Crippen molar-refractivity contribution in [1.29, 1.82) is 0 Å². The van der Waals surface area contributed by atoms with Gasteiger partial charge in [0.05, 0.1) is 0 Å². The zero-order valence-corrected chi connectivity index (χ0v) is 14.7. The van der Waals surface area contributed by atoms with Crippen molar-refractivity contribution in [2.45, 2.75) is 90.4 Å². The molecule has 0 aliphatic heterocycles. The van der Waals surface area contributed by atoms with Gasteiger partial charge in [-0.25, -0.2) is 0 Å². The first-order chi connectivity index (χ1) is 9.60. The highest BCUT2D eigenvalue weighted by Gasteiger charge is 2.28. The van der Waals surface area contributed by atoms with Crippen LogP contribution in [0.25, 0.3) is 0 Å². The Morgan fingerprint density at radius 2 is 1.43 bits per heavy atom. The molecule has 1 fully saturated rings. The van der Waals surface area contributed by atoms with E-state index in [0.29, 0.717) is 11.7 Å². The van der Waals surface area contributed by atoms with Gasteiger partial charge in [0.15, 0.2) is 0 Å². The molecule has 1 heteroatoms. The quantitative estimate of drug-likeness (QED) is 0.668. The van der Waals surface area contributed by atoms with Crippen molar-refractivity contribution in [3.8, 4) is 5.75 Å². The molecule has 0 radical (unpaired) electrons. The predicted molar refractivity (Wildman–Crippen MR) is 91.3 cm³/mol. The molecule has 1 aliphatic carbocycles. The van der Waals surface area contributed by atoms with Crippen molar-refractivity contribution in [2.75, 3.05) is 0 Å². The van der Waals surface area contributed by atoms with Crippen molar-refractivity contribution < 1.29 is 5.11 Å². The molecule has 21 heavy (non-hydrogen) atoms. The maximum atomic E-state index is 10.9. The van der Waals surface area contributed by atoms with Gasteiger partial charge in [0.2, 0.25) is 0 Å².